The van der Waals surface area contributed by atoms with Crippen LogP contribution in [0.2, 0.25) is 0 Å². The summed E-state index contributed by atoms with van der Waals surface area (Å²) in [5, 5.41) is 0. The first-order valence-corrected chi connectivity index (χ1v) is 9.18. The molecule has 0 aliphatic heterocycles. The quantitative estimate of drug-likeness (QED) is 0.458. The van der Waals surface area contributed by atoms with Gasteiger partial charge in [-0.2, -0.15) is 0 Å². The van der Waals surface area contributed by atoms with Crippen molar-refractivity contribution in [3.8, 4) is 0 Å². The third kappa shape index (κ3) is 14.5. The number of carbonyl (C=O) groups is 2. The number of carbonyl (C=O) groups excluding carboxylic acids is 2. The molecule has 0 saturated carbocycles. The van der Waals surface area contributed by atoms with E-state index in [4.69, 9.17) is 5.73 Å². The van der Waals surface area contributed by atoms with Gasteiger partial charge in [0.2, 0.25) is 11.8 Å². The van der Waals surface area contributed by atoms with Crippen molar-refractivity contribution in [1.29, 1.82) is 0 Å². The molecule has 6 nitrogen and oxygen atoms in total. The molecule has 0 radical (unpaired) electrons. The van der Waals surface area contributed by atoms with Crippen LogP contribution in [0.5, 0.6) is 0 Å². The number of amides is 2. The van der Waals surface area contributed by atoms with Crippen LogP contribution in [0.25, 0.3) is 0 Å². The first-order valence-electron chi connectivity index (χ1n) is 9.18. The van der Waals surface area contributed by atoms with Crippen LogP contribution in [-0.2, 0) is 9.59 Å². The van der Waals surface area contributed by atoms with Gasteiger partial charge >= 0.3 is 0 Å². The number of rotatable bonds is 15. The van der Waals surface area contributed by atoms with E-state index in [-0.39, 0.29) is 11.8 Å². The Morgan fingerprint density at radius 3 is 1.50 bits per heavy atom. The van der Waals surface area contributed by atoms with E-state index in [0.29, 0.717) is 19.3 Å². The molecular weight excluding hydrogens is 304 g/mol. The van der Waals surface area contributed by atoms with Crippen LogP contribution >= 0.6 is 0 Å². The highest BCUT2D eigenvalue weighted by molar-refractivity contribution is 5.76. The lowest BCUT2D eigenvalue weighted by Gasteiger charge is -2.23. The highest BCUT2D eigenvalue weighted by atomic mass is 16.2. The summed E-state index contributed by atoms with van der Waals surface area (Å²) in [6.45, 7) is 3.79. The Balaban J connectivity index is 4.16. The number of nitrogens with zero attached hydrogens (tertiary/aromatic N) is 3. The lowest BCUT2D eigenvalue weighted by molar-refractivity contribution is -0.131. The predicted octanol–water partition coefficient (Wildman–Crippen LogP) is 1.54. The summed E-state index contributed by atoms with van der Waals surface area (Å²) in [7, 11) is 8.29. The van der Waals surface area contributed by atoms with E-state index in [2.05, 4.69) is 38.0 Å². The smallest absolute Gasteiger partial charge is 0.222 e. The van der Waals surface area contributed by atoms with Crippen LogP contribution < -0.4 is 5.73 Å². The largest absolute Gasteiger partial charge is 0.370 e. The molecule has 0 bridgehead atoms. The average Bonchev–Trinajstić information content (AvgIpc) is 2.49. The Kier molecular flexibility index (Phi) is 13.5. The molecule has 0 aromatic rings. The Labute approximate surface area is 148 Å². The molecule has 0 heterocycles. The summed E-state index contributed by atoms with van der Waals surface area (Å²) < 4.78 is 0. The Bertz CT molecular complexity index is 330. The van der Waals surface area contributed by atoms with Gasteiger partial charge in [0.1, 0.15) is 0 Å². The molecule has 0 atom stereocenters. The fraction of sp³-hybridized carbons (Fsp3) is 0.889. The van der Waals surface area contributed by atoms with Gasteiger partial charge in [-0.25, -0.2) is 0 Å². The van der Waals surface area contributed by atoms with E-state index in [1.807, 2.05) is 4.90 Å². The van der Waals surface area contributed by atoms with Crippen LogP contribution in [-0.4, -0.2) is 80.9 Å². The molecule has 0 aliphatic carbocycles. The Hall–Kier alpha value is -1.14. The van der Waals surface area contributed by atoms with Crippen LogP contribution in [0.1, 0.15) is 51.4 Å². The molecule has 0 spiro atoms. The molecule has 0 aliphatic rings. The van der Waals surface area contributed by atoms with Gasteiger partial charge in [0.25, 0.3) is 0 Å². The minimum Gasteiger partial charge on any atom is -0.370 e. The number of primary amides is 1. The summed E-state index contributed by atoms with van der Waals surface area (Å²) in [5.41, 5.74) is 5.14. The van der Waals surface area contributed by atoms with Crippen LogP contribution in [0, 0.1) is 0 Å². The maximum absolute atomic E-state index is 12.4. The predicted molar refractivity (Wildman–Crippen MR) is 99.8 cm³/mol. The summed E-state index contributed by atoms with van der Waals surface area (Å²) in [6.07, 6.45) is 6.64. The normalized spacial score (nSPS) is 11.2. The molecule has 142 valence electrons. The van der Waals surface area contributed by atoms with Crippen molar-refractivity contribution in [3.05, 3.63) is 0 Å². The Morgan fingerprint density at radius 2 is 1.08 bits per heavy atom. The Morgan fingerprint density at radius 1 is 0.667 bits per heavy atom. The fourth-order valence-corrected chi connectivity index (χ4v) is 2.56. The van der Waals surface area contributed by atoms with Crippen LogP contribution in [0.15, 0.2) is 0 Å². The molecule has 0 aromatic carbocycles. The summed E-state index contributed by atoms with van der Waals surface area (Å²) in [4.78, 5) is 29.5. The minimum atomic E-state index is -0.285. The molecule has 0 saturated heterocycles. The number of unbranched alkanes of at least 4 members (excludes halogenated alkanes) is 3. The van der Waals surface area contributed by atoms with Gasteiger partial charge in [0.15, 0.2) is 0 Å². The van der Waals surface area contributed by atoms with E-state index in [1.165, 1.54) is 0 Å². The summed E-state index contributed by atoms with van der Waals surface area (Å²) >= 11 is 0. The molecule has 2 amide bonds. The van der Waals surface area contributed by atoms with Gasteiger partial charge in [0, 0.05) is 25.9 Å². The molecule has 0 rings (SSSR count). The molecule has 0 unspecified atom stereocenters. The molecule has 2 N–H and O–H groups in total. The molecular formula is C18H38N4O2. The highest BCUT2D eigenvalue weighted by Gasteiger charge is 2.13. The molecule has 24 heavy (non-hydrogen) atoms. The zero-order chi connectivity index (χ0) is 18.4. The van der Waals surface area contributed by atoms with Gasteiger partial charge in [-0.05, 0) is 79.8 Å². The summed E-state index contributed by atoms with van der Waals surface area (Å²) in [6, 6.07) is 0. The third-order valence-corrected chi connectivity index (χ3v) is 3.98. The van der Waals surface area contributed by atoms with E-state index in [0.717, 1.165) is 58.3 Å². The molecule has 0 aromatic heterocycles. The first kappa shape index (κ1) is 22.9. The number of hydrogen-bond acceptors (Lipinski definition) is 4. The number of nitrogens with two attached hydrogens (primary N) is 1. The fourth-order valence-electron chi connectivity index (χ4n) is 2.56. The second kappa shape index (κ2) is 14.2. The molecule has 0 fully saturated rings. The number of hydrogen-bond donors (Lipinski definition) is 1. The lowest BCUT2D eigenvalue weighted by atomic mass is 10.1. The maximum Gasteiger partial charge on any atom is 0.222 e. The van der Waals surface area contributed by atoms with Gasteiger partial charge < -0.3 is 20.4 Å². The average molecular weight is 343 g/mol. The van der Waals surface area contributed by atoms with Crippen molar-refractivity contribution in [2.75, 3.05) is 54.4 Å². The second-order valence-electron chi connectivity index (χ2n) is 7.07. The van der Waals surface area contributed by atoms with E-state index >= 15 is 0 Å². The van der Waals surface area contributed by atoms with E-state index in [9.17, 15) is 9.59 Å². The van der Waals surface area contributed by atoms with E-state index in [1.54, 1.807) is 0 Å². The second-order valence-corrected chi connectivity index (χ2v) is 7.07. The van der Waals surface area contributed by atoms with Gasteiger partial charge in [0.05, 0.1) is 0 Å². The third-order valence-electron chi connectivity index (χ3n) is 3.98. The zero-order valence-electron chi connectivity index (χ0n) is 16.2. The monoisotopic (exact) mass is 342 g/mol. The van der Waals surface area contributed by atoms with Crippen LogP contribution in [0.3, 0.4) is 0 Å². The van der Waals surface area contributed by atoms with Crippen molar-refractivity contribution in [2.24, 2.45) is 5.73 Å². The highest BCUT2D eigenvalue weighted by Crippen LogP contribution is 2.07. The van der Waals surface area contributed by atoms with Crippen molar-refractivity contribution >= 4 is 11.8 Å². The van der Waals surface area contributed by atoms with Crippen LogP contribution in [0.4, 0.5) is 0 Å². The minimum absolute atomic E-state index is 0.217. The van der Waals surface area contributed by atoms with Crippen molar-refractivity contribution in [3.63, 3.8) is 0 Å². The molecule has 6 heteroatoms. The van der Waals surface area contributed by atoms with Crippen molar-refractivity contribution in [2.45, 2.75) is 51.4 Å². The maximum atomic E-state index is 12.4. The summed E-state index contributed by atoms with van der Waals surface area (Å²) in [5.74, 6) is -0.0687. The van der Waals surface area contributed by atoms with Gasteiger partial charge in [-0.3, -0.25) is 9.59 Å². The van der Waals surface area contributed by atoms with Gasteiger partial charge in [-0.1, -0.05) is 0 Å². The SMILES string of the molecule is CN(C)CCCCN(CCCCN(C)C)C(=O)CCCCC(N)=O. The standard InChI is InChI=1S/C18H38N4O2/c1-20(2)13-7-9-15-22(16-10-8-14-21(3)4)18(24)12-6-5-11-17(19)23/h5-16H2,1-4H3,(H2,19,23). The van der Waals surface area contributed by atoms with Crippen molar-refractivity contribution < 1.29 is 9.59 Å². The van der Waals surface area contributed by atoms with Crippen molar-refractivity contribution in [1.82, 2.24) is 14.7 Å². The van der Waals surface area contributed by atoms with Gasteiger partial charge in [-0.15, -0.1) is 0 Å². The first-order chi connectivity index (χ1) is 11.3. The lowest BCUT2D eigenvalue weighted by Crippen LogP contribution is -2.33. The van der Waals surface area contributed by atoms with E-state index < -0.39 is 0 Å². The topological polar surface area (TPSA) is 69.9 Å². The zero-order valence-corrected chi connectivity index (χ0v) is 16.2.